The summed E-state index contributed by atoms with van der Waals surface area (Å²) < 4.78 is 6.55. The van der Waals surface area contributed by atoms with Gasteiger partial charge in [0.2, 0.25) is 0 Å². The van der Waals surface area contributed by atoms with E-state index in [0.29, 0.717) is 17.3 Å². The number of halogens is 2. The predicted molar refractivity (Wildman–Crippen MR) is 107 cm³/mol. The Labute approximate surface area is 172 Å². The summed E-state index contributed by atoms with van der Waals surface area (Å²) in [6.45, 7) is 1.54. The molecule has 0 saturated heterocycles. The van der Waals surface area contributed by atoms with Gasteiger partial charge in [0.05, 0.1) is 11.4 Å². The second-order valence-electron chi connectivity index (χ2n) is 5.98. The van der Waals surface area contributed by atoms with Crippen molar-refractivity contribution in [2.45, 2.75) is 13.5 Å². The molecule has 6 nitrogen and oxygen atoms in total. The summed E-state index contributed by atoms with van der Waals surface area (Å²) in [5.41, 5.74) is 2.15. The minimum Gasteiger partial charge on any atom is -0.452 e. The van der Waals surface area contributed by atoms with Gasteiger partial charge in [0, 0.05) is 11.6 Å². The van der Waals surface area contributed by atoms with E-state index in [2.05, 4.69) is 10.4 Å². The number of aromatic nitrogens is 2. The molecule has 0 spiro atoms. The summed E-state index contributed by atoms with van der Waals surface area (Å²) in [6.07, 6.45) is 0. The topological polar surface area (TPSA) is 73.2 Å². The number of amides is 1. The second-order valence-corrected chi connectivity index (χ2v) is 6.77. The van der Waals surface area contributed by atoms with Crippen LogP contribution in [-0.4, -0.2) is 28.3 Å². The first-order valence-corrected chi connectivity index (χ1v) is 9.20. The molecule has 2 aromatic carbocycles. The number of nitrogens with one attached hydrogen (secondary N) is 1. The van der Waals surface area contributed by atoms with E-state index >= 15 is 0 Å². The van der Waals surface area contributed by atoms with E-state index in [4.69, 9.17) is 27.9 Å². The van der Waals surface area contributed by atoms with Gasteiger partial charge in [0.15, 0.2) is 6.61 Å². The third-order valence-corrected chi connectivity index (χ3v) is 4.55. The highest BCUT2D eigenvalue weighted by Crippen LogP contribution is 2.24. The smallest absolute Gasteiger partial charge is 0.343 e. The Balaban J connectivity index is 1.59. The molecule has 0 atom stereocenters. The van der Waals surface area contributed by atoms with E-state index in [1.54, 1.807) is 31.2 Å². The van der Waals surface area contributed by atoms with Gasteiger partial charge < -0.3 is 10.1 Å². The fourth-order valence-electron chi connectivity index (χ4n) is 2.53. The lowest BCUT2D eigenvalue weighted by molar-refractivity contribution is -0.124. The zero-order chi connectivity index (χ0) is 20.1. The Bertz CT molecular complexity index is 986. The maximum absolute atomic E-state index is 12.4. The van der Waals surface area contributed by atoms with Crippen molar-refractivity contribution in [2.75, 3.05) is 6.61 Å². The van der Waals surface area contributed by atoms with Crippen molar-refractivity contribution in [1.29, 1.82) is 0 Å². The van der Waals surface area contributed by atoms with Gasteiger partial charge >= 0.3 is 5.97 Å². The summed E-state index contributed by atoms with van der Waals surface area (Å²) >= 11 is 12.1. The number of carbonyl (C=O) groups excluding carboxylic acids is 2. The number of nitrogens with zero attached hydrogens (tertiary/aromatic N) is 2. The summed E-state index contributed by atoms with van der Waals surface area (Å²) in [5.74, 6) is -1.13. The summed E-state index contributed by atoms with van der Waals surface area (Å²) in [4.78, 5) is 24.3. The molecule has 3 aromatic rings. The van der Waals surface area contributed by atoms with Crippen LogP contribution in [0.25, 0.3) is 5.69 Å². The van der Waals surface area contributed by atoms with Crippen LogP contribution in [0.1, 0.15) is 21.6 Å². The highest BCUT2D eigenvalue weighted by Gasteiger charge is 2.23. The van der Waals surface area contributed by atoms with Crippen LogP contribution in [0.2, 0.25) is 10.2 Å². The van der Waals surface area contributed by atoms with E-state index in [9.17, 15) is 9.59 Å². The molecule has 3 rings (SSSR count). The summed E-state index contributed by atoms with van der Waals surface area (Å²) in [5, 5.41) is 7.71. The summed E-state index contributed by atoms with van der Waals surface area (Å²) in [7, 11) is 0. The zero-order valence-electron chi connectivity index (χ0n) is 15.0. The maximum Gasteiger partial charge on any atom is 0.343 e. The quantitative estimate of drug-likeness (QED) is 0.615. The molecule has 1 aromatic heterocycles. The summed E-state index contributed by atoms with van der Waals surface area (Å²) in [6, 6.07) is 16.3. The van der Waals surface area contributed by atoms with Crippen molar-refractivity contribution in [3.63, 3.8) is 0 Å². The first-order valence-electron chi connectivity index (χ1n) is 8.44. The molecule has 28 heavy (non-hydrogen) atoms. The Morgan fingerprint density at radius 2 is 1.75 bits per heavy atom. The van der Waals surface area contributed by atoms with Crippen molar-refractivity contribution in [1.82, 2.24) is 15.1 Å². The molecule has 0 unspecified atom stereocenters. The van der Waals surface area contributed by atoms with E-state index in [1.165, 1.54) is 4.68 Å². The van der Waals surface area contributed by atoms with Gasteiger partial charge in [-0.2, -0.15) is 5.10 Å². The van der Waals surface area contributed by atoms with E-state index in [1.807, 2.05) is 30.3 Å². The lowest BCUT2D eigenvalue weighted by Gasteiger charge is -2.07. The molecule has 8 heteroatoms. The lowest BCUT2D eigenvalue weighted by atomic mass is 10.2. The number of carbonyl (C=O) groups is 2. The Kier molecular flexibility index (Phi) is 6.34. The van der Waals surface area contributed by atoms with Crippen molar-refractivity contribution >= 4 is 35.1 Å². The third-order valence-electron chi connectivity index (χ3n) is 3.95. The minimum absolute atomic E-state index is 0.135. The molecule has 1 heterocycles. The van der Waals surface area contributed by atoms with Crippen LogP contribution in [0.4, 0.5) is 0 Å². The predicted octanol–water partition coefficient (Wildman–Crippen LogP) is 3.96. The molecule has 0 aliphatic carbocycles. The monoisotopic (exact) mass is 417 g/mol. The Morgan fingerprint density at radius 3 is 2.43 bits per heavy atom. The van der Waals surface area contributed by atoms with Gasteiger partial charge in [-0.25, -0.2) is 9.48 Å². The molecular formula is C20H17Cl2N3O3. The molecule has 0 aliphatic rings. The number of esters is 1. The van der Waals surface area contributed by atoms with Crippen molar-refractivity contribution in [2.24, 2.45) is 0 Å². The highest BCUT2D eigenvalue weighted by molar-refractivity contribution is 6.33. The van der Waals surface area contributed by atoms with Gasteiger partial charge in [-0.05, 0) is 36.8 Å². The van der Waals surface area contributed by atoms with Gasteiger partial charge in [-0.3, -0.25) is 4.79 Å². The van der Waals surface area contributed by atoms with Crippen LogP contribution in [0, 0.1) is 6.92 Å². The van der Waals surface area contributed by atoms with E-state index < -0.39 is 18.5 Å². The normalized spacial score (nSPS) is 10.5. The molecule has 0 saturated carbocycles. The lowest BCUT2D eigenvalue weighted by Crippen LogP contribution is -2.28. The van der Waals surface area contributed by atoms with Crippen LogP contribution >= 0.6 is 23.2 Å². The number of hydrogen-bond donors (Lipinski definition) is 1. The highest BCUT2D eigenvalue weighted by atomic mass is 35.5. The Hall–Kier alpha value is -2.83. The SMILES string of the molecule is Cc1nn(-c2ccccc2)c(Cl)c1C(=O)OCC(=O)NCc1ccc(Cl)cc1. The van der Waals surface area contributed by atoms with Gasteiger partial charge in [0.1, 0.15) is 10.7 Å². The maximum atomic E-state index is 12.4. The largest absolute Gasteiger partial charge is 0.452 e. The first-order chi connectivity index (χ1) is 13.5. The number of rotatable bonds is 6. The molecule has 0 bridgehead atoms. The van der Waals surface area contributed by atoms with Crippen LogP contribution < -0.4 is 5.32 Å². The van der Waals surface area contributed by atoms with Crippen LogP contribution in [0.5, 0.6) is 0 Å². The van der Waals surface area contributed by atoms with Crippen molar-refractivity contribution in [3.8, 4) is 5.69 Å². The number of benzene rings is 2. The number of hydrogen-bond acceptors (Lipinski definition) is 4. The van der Waals surface area contributed by atoms with Gasteiger partial charge in [-0.15, -0.1) is 0 Å². The van der Waals surface area contributed by atoms with Crippen molar-refractivity contribution < 1.29 is 14.3 Å². The fourth-order valence-corrected chi connectivity index (χ4v) is 3.00. The fraction of sp³-hybridized carbons (Fsp3) is 0.150. The third kappa shape index (κ3) is 4.71. The van der Waals surface area contributed by atoms with Crippen LogP contribution in [0.15, 0.2) is 54.6 Å². The molecule has 144 valence electrons. The number of para-hydroxylation sites is 1. The second kappa shape index (κ2) is 8.91. The van der Waals surface area contributed by atoms with Crippen molar-refractivity contribution in [3.05, 3.63) is 81.6 Å². The van der Waals surface area contributed by atoms with E-state index in [-0.39, 0.29) is 10.7 Å². The van der Waals surface area contributed by atoms with Crippen LogP contribution in [-0.2, 0) is 16.1 Å². The molecule has 0 fully saturated rings. The van der Waals surface area contributed by atoms with Gasteiger partial charge in [0.25, 0.3) is 5.91 Å². The first kappa shape index (κ1) is 19.9. The van der Waals surface area contributed by atoms with Gasteiger partial charge in [-0.1, -0.05) is 53.5 Å². The molecular weight excluding hydrogens is 401 g/mol. The standard InChI is InChI=1S/C20H17Cl2N3O3/c1-13-18(19(22)25(24-13)16-5-3-2-4-6-16)20(27)28-12-17(26)23-11-14-7-9-15(21)10-8-14/h2-10H,11-12H2,1H3,(H,23,26). The minimum atomic E-state index is -0.702. The van der Waals surface area contributed by atoms with Crippen LogP contribution in [0.3, 0.4) is 0 Å². The molecule has 1 amide bonds. The molecule has 0 aliphatic heterocycles. The zero-order valence-corrected chi connectivity index (χ0v) is 16.5. The molecule has 0 radical (unpaired) electrons. The molecule has 1 N–H and O–H groups in total. The average Bonchev–Trinajstić information content (AvgIpc) is 3.00. The van der Waals surface area contributed by atoms with E-state index in [0.717, 1.165) is 11.3 Å². The number of aryl methyl sites for hydroxylation is 1. The average molecular weight is 418 g/mol. The Morgan fingerprint density at radius 1 is 1.07 bits per heavy atom. The number of ether oxygens (including phenoxy) is 1.